The van der Waals surface area contributed by atoms with E-state index in [4.69, 9.17) is 0 Å². The van der Waals surface area contributed by atoms with Crippen LogP contribution < -0.4 is 0 Å². The molecule has 0 heterocycles. The molecule has 0 bridgehead atoms. The topological polar surface area (TPSA) is 52.8 Å². The van der Waals surface area contributed by atoms with E-state index < -0.39 is 0 Å². The molecular weight excluding hydrogens is 238 g/mol. The summed E-state index contributed by atoms with van der Waals surface area (Å²) in [6.45, 7) is 0. The number of aromatic hydroxyl groups is 1. The number of benzene rings is 1. The summed E-state index contributed by atoms with van der Waals surface area (Å²) < 4.78 is 0. The quantitative estimate of drug-likeness (QED) is 0.622. The van der Waals surface area contributed by atoms with Crippen LogP contribution in [0.5, 0.6) is 5.75 Å². The van der Waals surface area contributed by atoms with Crippen LogP contribution in [-0.4, -0.2) is 16.0 Å². The van der Waals surface area contributed by atoms with E-state index in [-0.39, 0.29) is 5.75 Å². The first kappa shape index (κ1) is 12.3. The number of allylic oxidation sites excluding steroid dienone is 2. The summed E-state index contributed by atoms with van der Waals surface area (Å²) in [6, 6.07) is 7.27. The standard InChI is InChI=1S/C16H19NO2/c18-13-7-3-6-12(10-13)16-14(8-9-15(16)17-19)11-4-1-2-5-11/h3,6-7,10-11,18-19H,1-2,4-5,8-9H2. The van der Waals surface area contributed by atoms with E-state index in [2.05, 4.69) is 5.16 Å². The average Bonchev–Trinajstić information content (AvgIpc) is 3.07. The highest BCUT2D eigenvalue weighted by atomic mass is 16.4. The van der Waals surface area contributed by atoms with Crippen LogP contribution in [0.25, 0.3) is 5.57 Å². The first-order chi connectivity index (χ1) is 9.29. The molecule has 0 atom stereocenters. The van der Waals surface area contributed by atoms with Gasteiger partial charge in [0.1, 0.15) is 5.75 Å². The zero-order chi connectivity index (χ0) is 13.2. The number of phenolic OH excluding ortho intramolecular Hbond substituents is 1. The number of hydrogen-bond acceptors (Lipinski definition) is 3. The first-order valence-electron chi connectivity index (χ1n) is 7.03. The molecule has 1 fully saturated rings. The molecule has 0 saturated heterocycles. The molecule has 1 saturated carbocycles. The molecule has 3 rings (SSSR count). The fourth-order valence-corrected chi connectivity index (χ4v) is 3.48. The Morgan fingerprint density at radius 3 is 2.58 bits per heavy atom. The van der Waals surface area contributed by atoms with Crippen LogP contribution in [-0.2, 0) is 0 Å². The largest absolute Gasteiger partial charge is 0.508 e. The van der Waals surface area contributed by atoms with Gasteiger partial charge in [0.2, 0.25) is 0 Å². The lowest BCUT2D eigenvalue weighted by molar-refractivity contribution is 0.319. The van der Waals surface area contributed by atoms with Crippen molar-refractivity contribution < 1.29 is 10.3 Å². The van der Waals surface area contributed by atoms with Gasteiger partial charge in [-0.1, -0.05) is 35.7 Å². The second-order valence-electron chi connectivity index (χ2n) is 5.48. The van der Waals surface area contributed by atoms with Gasteiger partial charge in [-0.05, 0) is 49.3 Å². The predicted molar refractivity (Wildman–Crippen MR) is 75.4 cm³/mol. The Morgan fingerprint density at radius 1 is 1.11 bits per heavy atom. The van der Waals surface area contributed by atoms with Gasteiger partial charge in [0.25, 0.3) is 0 Å². The SMILES string of the molecule is ON=C1CCC(C2CCCC2)=C1c1cccc(O)c1. The van der Waals surface area contributed by atoms with Crippen molar-refractivity contribution in [1.82, 2.24) is 0 Å². The summed E-state index contributed by atoms with van der Waals surface area (Å²) in [4.78, 5) is 0. The van der Waals surface area contributed by atoms with E-state index in [1.807, 2.05) is 12.1 Å². The molecular formula is C16H19NO2. The van der Waals surface area contributed by atoms with Crippen molar-refractivity contribution in [2.45, 2.75) is 38.5 Å². The Kier molecular flexibility index (Phi) is 3.28. The third kappa shape index (κ3) is 2.25. The van der Waals surface area contributed by atoms with Gasteiger partial charge in [-0.15, -0.1) is 0 Å². The van der Waals surface area contributed by atoms with Crippen LogP contribution >= 0.6 is 0 Å². The lowest BCUT2D eigenvalue weighted by atomic mass is 9.91. The Hall–Kier alpha value is -1.77. The minimum Gasteiger partial charge on any atom is -0.508 e. The zero-order valence-corrected chi connectivity index (χ0v) is 11.0. The lowest BCUT2D eigenvalue weighted by Gasteiger charge is -2.14. The number of rotatable bonds is 2. The van der Waals surface area contributed by atoms with Crippen molar-refractivity contribution in [2.24, 2.45) is 11.1 Å². The molecule has 0 spiro atoms. The zero-order valence-electron chi connectivity index (χ0n) is 11.0. The van der Waals surface area contributed by atoms with Gasteiger partial charge in [0.05, 0.1) is 5.71 Å². The Labute approximate surface area is 113 Å². The maximum absolute atomic E-state index is 9.66. The maximum Gasteiger partial charge on any atom is 0.116 e. The van der Waals surface area contributed by atoms with E-state index in [1.165, 1.54) is 31.3 Å². The van der Waals surface area contributed by atoms with Crippen LogP contribution in [0.1, 0.15) is 44.1 Å². The molecule has 0 unspecified atom stereocenters. The molecule has 0 aromatic heterocycles. The van der Waals surface area contributed by atoms with Crippen molar-refractivity contribution >= 4 is 11.3 Å². The third-order valence-electron chi connectivity index (χ3n) is 4.34. The number of nitrogens with zero attached hydrogens (tertiary/aromatic N) is 1. The molecule has 2 aliphatic rings. The van der Waals surface area contributed by atoms with Crippen LogP contribution in [0.3, 0.4) is 0 Å². The Balaban J connectivity index is 2.07. The highest BCUT2D eigenvalue weighted by Gasteiger charge is 2.30. The van der Waals surface area contributed by atoms with E-state index in [9.17, 15) is 10.3 Å². The van der Waals surface area contributed by atoms with Crippen molar-refractivity contribution in [3.8, 4) is 5.75 Å². The van der Waals surface area contributed by atoms with Gasteiger partial charge in [-0.2, -0.15) is 0 Å². The van der Waals surface area contributed by atoms with Gasteiger partial charge in [0.15, 0.2) is 0 Å². The predicted octanol–water partition coefficient (Wildman–Crippen LogP) is 3.96. The molecule has 0 amide bonds. The molecule has 19 heavy (non-hydrogen) atoms. The summed E-state index contributed by atoms with van der Waals surface area (Å²) in [5.41, 5.74) is 4.25. The molecule has 2 N–H and O–H groups in total. The Bertz CT molecular complexity index is 539. The fraction of sp³-hybridized carbons (Fsp3) is 0.438. The van der Waals surface area contributed by atoms with Crippen molar-refractivity contribution in [3.05, 3.63) is 35.4 Å². The first-order valence-corrected chi connectivity index (χ1v) is 7.03. The molecule has 0 aliphatic heterocycles. The molecule has 100 valence electrons. The monoisotopic (exact) mass is 257 g/mol. The van der Waals surface area contributed by atoms with E-state index in [0.29, 0.717) is 5.92 Å². The molecule has 3 heteroatoms. The number of oxime groups is 1. The molecule has 2 aliphatic carbocycles. The lowest BCUT2D eigenvalue weighted by Crippen LogP contribution is -2.01. The van der Waals surface area contributed by atoms with Crippen LogP contribution in [0.2, 0.25) is 0 Å². The van der Waals surface area contributed by atoms with Crippen molar-refractivity contribution in [3.63, 3.8) is 0 Å². The molecule has 1 aromatic carbocycles. The highest BCUT2D eigenvalue weighted by molar-refractivity contribution is 6.26. The van der Waals surface area contributed by atoms with Gasteiger partial charge in [-0.25, -0.2) is 0 Å². The Morgan fingerprint density at radius 2 is 1.89 bits per heavy atom. The minimum atomic E-state index is 0.264. The fourth-order valence-electron chi connectivity index (χ4n) is 3.48. The van der Waals surface area contributed by atoms with Crippen LogP contribution in [0.15, 0.2) is 35.0 Å². The van der Waals surface area contributed by atoms with Crippen molar-refractivity contribution in [2.75, 3.05) is 0 Å². The number of phenols is 1. The molecule has 0 radical (unpaired) electrons. The molecule has 3 nitrogen and oxygen atoms in total. The van der Waals surface area contributed by atoms with Gasteiger partial charge >= 0.3 is 0 Å². The van der Waals surface area contributed by atoms with E-state index >= 15 is 0 Å². The minimum absolute atomic E-state index is 0.264. The summed E-state index contributed by atoms with van der Waals surface area (Å²) in [5, 5.41) is 22.4. The average molecular weight is 257 g/mol. The second kappa shape index (κ2) is 5.08. The van der Waals surface area contributed by atoms with Crippen LogP contribution in [0.4, 0.5) is 0 Å². The summed E-state index contributed by atoms with van der Waals surface area (Å²) >= 11 is 0. The van der Waals surface area contributed by atoms with Gasteiger partial charge < -0.3 is 10.3 Å². The second-order valence-corrected chi connectivity index (χ2v) is 5.48. The van der Waals surface area contributed by atoms with Gasteiger partial charge in [0, 0.05) is 5.57 Å². The summed E-state index contributed by atoms with van der Waals surface area (Å²) in [5.74, 6) is 0.900. The van der Waals surface area contributed by atoms with Crippen molar-refractivity contribution in [1.29, 1.82) is 0 Å². The summed E-state index contributed by atoms with van der Waals surface area (Å²) in [7, 11) is 0. The summed E-state index contributed by atoms with van der Waals surface area (Å²) in [6.07, 6.45) is 6.90. The smallest absolute Gasteiger partial charge is 0.116 e. The van der Waals surface area contributed by atoms with E-state index in [0.717, 1.165) is 29.7 Å². The third-order valence-corrected chi connectivity index (χ3v) is 4.34. The molecule has 1 aromatic rings. The number of hydrogen-bond donors (Lipinski definition) is 2. The van der Waals surface area contributed by atoms with E-state index in [1.54, 1.807) is 12.1 Å². The maximum atomic E-state index is 9.66. The van der Waals surface area contributed by atoms with Gasteiger partial charge in [-0.3, -0.25) is 0 Å². The normalized spacial score (nSPS) is 22.6. The highest BCUT2D eigenvalue weighted by Crippen LogP contribution is 2.42. The van der Waals surface area contributed by atoms with Crippen LogP contribution in [0, 0.1) is 5.92 Å².